The summed E-state index contributed by atoms with van der Waals surface area (Å²) in [6.07, 6.45) is 0. The summed E-state index contributed by atoms with van der Waals surface area (Å²) in [6, 6.07) is 16.8. The number of allylic oxidation sites excluding steroid dienone is 1. The minimum absolute atomic E-state index is 0.0858. The lowest BCUT2D eigenvalue weighted by molar-refractivity contribution is 0.101. The minimum Gasteiger partial charge on any atom is -0.496 e. The number of Topliss-reactive ketones (excluding diaryl/α,β-unsaturated/α-hetero) is 2. The van der Waals surface area contributed by atoms with Gasteiger partial charge in [-0.15, -0.1) is 0 Å². The van der Waals surface area contributed by atoms with Gasteiger partial charge in [0, 0.05) is 44.8 Å². The van der Waals surface area contributed by atoms with Gasteiger partial charge in [0.2, 0.25) is 10.0 Å². The van der Waals surface area contributed by atoms with E-state index in [0.717, 1.165) is 22.7 Å². The van der Waals surface area contributed by atoms with Gasteiger partial charge in [-0.3, -0.25) is 9.59 Å². The Hall–Kier alpha value is -4.21. The smallest absolute Gasteiger partial charge is 0.238 e. The minimum atomic E-state index is -4.15. The Morgan fingerprint density at radius 3 is 2.22 bits per heavy atom. The molecule has 1 heterocycles. The summed E-state index contributed by atoms with van der Waals surface area (Å²) in [4.78, 5) is 28.5. The van der Waals surface area contributed by atoms with Crippen LogP contribution in [0.5, 0.6) is 11.5 Å². The highest BCUT2D eigenvalue weighted by molar-refractivity contribution is 7.89. The molecule has 0 aliphatic rings. The van der Waals surface area contributed by atoms with Gasteiger partial charge in [0.25, 0.3) is 0 Å². The number of sulfonamides is 1. The lowest BCUT2D eigenvalue weighted by Gasteiger charge is -2.16. The highest BCUT2D eigenvalue weighted by atomic mass is 32.2. The second-order valence-electron chi connectivity index (χ2n) is 8.14. The number of rotatable bonds is 8. The van der Waals surface area contributed by atoms with E-state index >= 15 is 0 Å². The molecular weight excluding hydrogens is 480 g/mol. The number of methoxy groups -OCH3 is 2. The standard InChI is InChI=1S/C27H24N2O6S/c1-15(27(31)18-9-10-26(36(28,32)33)20(11-18)16(2)30)19-13-21(25(35-4)14-24(19)34-3)23-12-17-7-5-6-8-22(17)29-23/h5-14,29H,1H2,2-4H3,(H2,28,32,33). The quantitative estimate of drug-likeness (QED) is 0.267. The van der Waals surface area contributed by atoms with Crippen LogP contribution in [0.15, 0.2) is 72.1 Å². The van der Waals surface area contributed by atoms with Crippen LogP contribution in [0, 0.1) is 0 Å². The van der Waals surface area contributed by atoms with Crippen molar-refractivity contribution in [2.75, 3.05) is 14.2 Å². The number of nitrogens with two attached hydrogens (primary N) is 1. The fourth-order valence-corrected chi connectivity index (χ4v) is 4.82. The van der Waals surface area contributed by atoms with Gasteiger partial charge in [0.1, 0.15) is 11.5 Å². The normalized spacial score (nSPS) is 11.3. The first-order chi connectivity index (χ1) is 17.0. The molecule has 0 spiro atoms. The third kappa shape index (κ3) is 4.53. The average Bonchev–Trinajstić information content (AvgIpc) is 3.30. The number of hydrogen-bond acceptors (Lipinski definition) is 6. The molecule has 4 rings (SSSR count). The fourth-order valence-electron chi connectivity index (χ4n) is 4.05. The molecule has 8 nitrogen and oxygen atoms in total. The van der Waals surface area contributed by atoms with E-state index < -0.39 is 21.6 Å². The maximum atomic E-state index is 13.4. The Bertz CT molecular complexity index is 1620. The molecule has 3 aromatic carbocycles. The van der Waals surface area contributed by atoms with Crippen molar-refractivity contribution in [1.29, 1.82) is 0 Å². The van der Waals surface area contributed by atoms with Crippen LogP contribution in [-0.4, -0.2) is 39.2 Å². The van der Waals surface area contributed by atoms with Crippen molar-refractivity contribution in [3.8, 4) is 22.8 Å². The molecule has 0 unspecified atom stereocenters. The van der Waals surface area contributed by atoms with Crippen LogP contribution < -0.4 is 14.6 Å². The number of ether oxygens (including phenoxy) is 2. The van der Waals surface area contributed by atoms with E-state index in [4.69, 9.17) is 14.6 Å². The van der Waals surface area contributed by atoms with E-state index in [0.29, 0.717) is 22.6 Å². The molecule has 0 aliphatic heterocycles. The van der Waals surface area contributed by atoms with Gasteiger partial charge in [-0.1, -0.05) is 24.8 Å². The number of fused-ring (bicyclic) bond motifs is 1. The van der Waals surface area contributed by atoms with Gasteiger partial charge < -0.3 is 14.5 Å². The second kappa shape index (κ2) is 9.44. The van der Waals surface area contributed by atoms with E-state index in [2.05, 4.69) is 11.6 Å². The molecule has 184 valence electrons. The third-order valence-electron chi connectivity index (χ3n) is 5.87. The van der Waals surface area contributed by atoms with Crippen molar-refractivity contribution in [2.45, 2.75) is 11.8 Å². The Kier molecular flexibility index (Phi) is 6.53. The molecule has 0 radical (unpaired) electrons. The van der Waals surface area contributed by atoms with Crippen molar-refractivity contribution in [2.24, 2.45) is 5.14 Å². The molecule has 0 saturated carbocycles. The lowest BCUT2D eigenvalue weighted by Crippen LogP contribution is -2.17. The third-order valence-corrected chi connectivity index (χ3v) is 6.84. The summed E-state index contributed by atoms with van der Waals surface area (Å²) in [5.74, 6) is -0.163. The van der Waals surface area contributed by atoms with E-state index in [1.165, 1.54) is 33.3 Å². The lowest BCUT2D eigenvalue weighted by atomic mass is 9.93. The molecule has 36 heavy (non-hydrogen) atoms. The van der Waals surface area contributed by atoms with Crippen LogP contribution in [0.1, 0.15) is 33.2 Å². The van der Waals surface area contributed by atoms with Crippen molar-refractivity contribution in [3.63, 3.8) is 0 Å². The summed E-state index contributed by atoms with van der Waals surface area (Å²) in [7, 11) is -1.15. The van der Waals surface area contributed by atoms with E-state index in [1.54, 1.807) is 12.1 Å². The highest BCUT2D eigenvalue weighted by Gasteiger charge is 2.23. The number of carbonyl (C=O) groups is 2. The van der Waals surface area contributed by atoms with Crippen LogP contribution in [-0.2, 0) is 10.0 Å². The van der Waals surface area contributed by atoms with Gasteiger partial charge in [0.05, 0.1) is 24.8 Å². The molecule has 0 atom stereocenters. The number of nitrogens with one attached hydrogen (secondary N) is 1. The molecule has 9 heteroatoms. The topological polar surface area (TPSA) is 129 Å². The number of aromatic amines is 1. The molecule has 1 aromatic heterocycles. The number of benzene rings is 3. The Labute approximate surface area is 208 Å². The maximum Gasteiger partial charge on any atom is 0.238 e. The first-order valence-electron chi connectivity index (χ1n) is 10.8. The molecule has 4 aromatic rings. The summed E-state index contributed by atoms with van der Waals surface area (Å²) in [6.45, 7) is 5.18. The molecule has 3 N–H and O–H groups in total. The van der Waals surface area contributed by atoms with Crippen molar-refractivity contribution in [3.05, 3.63) is 83.9 Å². The average molecular weight is 505 g/mol. The number of hydrogen-bond donors (Lipinski definition) is 2. The van der Waals surface area contributed by atoms with Crippen LogP contribution in [0.2, 0.25) is 0 Å². The monoisotopic (exact) mass is 504 g/mol. The van der Waals surface area contributed by atoms with Crippen LogP contribution in [0.3, 0.4) is 0 Å². The van der Waals surface area contributed by atoms with Crippen molar-refractivity contribution < 1.29 is 27.5 Å². The zero-order valence-electron chi connectivity index (χ0n) is 19.9. The largest absolute Gasteiger partial charge is 0.496 e. The van der Waals surface area contributed by atoms with Gasteiger partial charge in [-0.05, 0) is 43.3 Å². The fraction of sp³-hybridized carbons (Fsp3) is 0.111. The molecule has 0 amide bonds. The number of para-hydroxylation sites is 1. The van der Waals surface area contributed by atoms with Gasteiger partial charge in [-0.2, -0.15) is 0 Å². The summed E-state index contributed by atoms with van der Waals surface area (Å²) in [5.41, 5.74) is 2.82. The highest BCUT2D eigenvalue weighted by Crippen LogP contribution is 2.40. The SMILES string of the molecule is C=C(C(=O)c1ccc(S(N)(=O)=O)c(C(C)=O)c1)c1cc(-c2cc3ccccc3[nH]2)c(OC)cc1OC. The number of carbonyl (C=O) groups excluding carboxylic acids is 2. The first-order valence-corrected chi connectivity index (χ1v) is 12.4. The van der Waals surface area contributed by atoms with E-state index in [9.17, 15) is 18.0 Å². The van der Waals surface area contributed by atoms with Gasteiger partial charge in [0.15, 0.2) is 11.6 Å². The predicted molar refractivity (Wildman–Crippen MR) is 138 cm³/mol. The summed E-state index contributed by atoms with van der Waals surface area (Å²) in [5, 5.41) is 6.23. The molecule has 0 saturated heterocycles. The number of aromatic nitrogens is 1. The van der Waals surface area contributed by atoms with Crippen LogP contribution in [0.25, 0.3) is 27.7 Å². The van der Waals surface area contributed by atoms with Crippen molar-refractivity contribution >= 4 is 38.1 Å². The zero-order valence-corrected chi connectivity index (χ0v) is 20.7. The Balaban J connectivity index is 1.82. The molecule has 0 fully saturated rings. The Morgan fingerprint density at radius 2 is 1.61 bits per heavy atom. The molecular formula is C27H24N2O6S. The summed E-state index contributed by atoms with van der Waals surface area (Å²) < 4.78 is 34.8. The summed E-state index contributed by atoms with van der Waals surface area (Å²) >= 11 is 0. The van der Waals surface area contributed by atoms with Crippen molar-refractivity contribution in [1.82, 2.24) is 4.98 Å². The van der Waals surface area contributed by atoms with Gasteiger partial charge in [-0.25, -0.2) is 13.6 Å². The maximum absolute atomic E-state index is 13.4. The number of ketones is 2. The predicted octanol–water partition coefficient (Wildman–Crippen LogP) is 4.60. The van der Waals surface area contributed by atoms with Crippen LogP contribution in [0.4, 0.5) is 0 Å². The van der Waals surface area contributed by atoms with Crippen LogP contribution >= 0.6 is 0 Å². The first kappa shape index (κ1) is 24.9. The molecule has 0 bridgehead atoms. The Morgan fingerprint density at radius 1 is 0.917 bits per heavy atom. The number of H-pyrrole nitrogens is 1. The zero-order chi connectivity index (χ0) is 26.2. The second-order valence-corrected chi connectivity index (χ2v) is 9.67. The van der Waals surface area contributed by atoms with E-state index in [-0.39, 0.29) is 21.6 Å². The van der Waals surface area contributed by atoms with Gasteiger partial charge >= 0.3 is 0 Å². The van der Waals surface area contributed by atoms with E-state index in [1.807, 2.05) is 30.3 Å². The number of primary sulfonamides is 1. The molecule has 0 aliphatic carbocycles.